The van der Waals surface area contributed by atoms with E-state index in [1.807, 2.05) is 0 Å². The Kier molecular flexibility index (Phi) is 4.38. The van der Waals surface area contributed by atoms with Crippen molar-refractivity contribution in [2.24, 2.45) is 21.8 Å². The van der Waals surface area contributed by atoms with Gasteiger partial charge < -0.3 is 0 Å². The summed E-state index contributed by atoms with van der Waals surface area (Å²) < 4.78 is 1.80. The van der Waals surface area contributed by atoms with Gasteiger partial charge in [0, 0.05) is 29.7 Å². The van der Waals surface area contributed by atoms with Crippen LogP contribution in [0.5, 0.6) is 0 Å². The first-order valence-corrected chi connectivity index (χ1v) is 11.2. The minimum absolute atomic E-state index is 0.00115. The van der Waals surface area contributed by atoms with Gasteiger partial charge in [-0.1, -0.05) is 27.2 Å². The molecule has 2 heterocycles. The summed E-state index contributed by atoms with van der Waals surface area (Å²) in [5.41, 5.74) is 5.26. The minimum atomic E-state index is -0.245. The number of aryl methyl sites for hydroxylation is 1. The van der Waals surface area contributed by atoms with E-state index >= 15 is 0 Å². The molecule has 2 bridgehead atoms. The third-order valence-electron chi connectivity index (χ3n) is 8.38. The molecular weight excluding hydrogens is 376 g/mol. The van der Waals surface area contributed by atoms with E-state index in [4.69, 9.17) is 4.98 Å². The van der Waals surface area contributed by atoms with Crippen LogP contribution in [-0.2, 0) is 13.0 Å². The number of aromatic nitrogens is 2. The van der Waals surface area contributed by atoms with E-state index < -0.39 is 0 Å². The second kappa shape index (κ2) is 6.76. The van der Waals surface area contributed by atoms with Crippen LogP contribution in [-0.4, -0.2) is 21.2 Å². The Morgan fingerprint density at radius 1 is 1.23 bits per heavy atom. The number of fused-ring (bicyclic) bond motifs is 4. The van der Waals surface area contributed by atoms with Crippen molar-refractivity contribution in [3.63, 3.8) is 0 Å². The quantitative estimate of drug-likeness (QED) is 0.764. The van der Waals surface area contributed by atoms with Crippen LogP contribution in [0.25, 0.3) is 10.9 Å². The summed E-state index contributed by atoms with van der Waals surface area (Å²) >= 11 is 0. The van der Waals surface area contributed by atoms with Crippen molar-refractivity contribution in [2.45, 2.75) is 72.3 Å². The summed E-state index contributed by atoms with van der Waals surface area (Å²) in [5.74, 6) is 1.23. The topological polar surface area (TPSA) is 76.3 Å². The summed E-state index contributed by atoms with van der Waals surface area (Å²) in [4.78, 5) is 30.4. The monoisotopic (exact) mass is 406 g/mol. The third-order valence-corrected chi connectivity index (χ3v) is 8.38. The Morgan fingerprint density at radius 3 is 2.80 bits per heavy atom. The van der Waals surface area contributed by atoms with Crippen molar-refractivity contribution >= 4 is 22.5 Å². The zero-order chi connectivity index (χ0) is 21.1. The fraction of sp³-hybridized carbons (Fsp3) is 0.583. The van der Waals surface area contributed by atoms with Gasteiger partial charge in [0.25, 0.3) is 11.5 Å². The van der Waals surface area contributed by atoms with Crippen molar-refractivity contribution in [2.75, 3.05) is 0 Å². The van der Waals surface area contributed by atoms with Crippen LogP contribution in [0.2, 0.25) is 0 Å². The molecule has 158 valence electrons. The average molecular weight is 407 g/mol. The lowest BCUT2D eigenvalue weighted by Crippen LogP contribution is -2.34. The molecule has 6 nitrogen and oxygen atoms in total. The lowest BCUT2D eigenvalue weighted by molar-refractivity contribution is 0.0954. The standard InChI is InChI=1S/C24H30N4O2/c1-23(2)16-10-11-24(23,3)19(14-16)26-27-21(29)15-8-9-17-18(13-15)25-20-7-5-4-6-12-28(20)22(17)30/h8-9,13,16H,4-7,10-12,14H2,1-3H3,(H,27,29)/b26-19+/t16-,24-/m1/s1. The van der Waals surface area contributed by atoms with Crippen LogP contribution in [0.1, 0.15) is 75.5 Å². The lowest BCUT2D eigenvalue weighted by Gasteiger charge is -2.34. The molecule has 1 aliphatic heterocycles. The number of benzene rings is 1. The Hall–Kier alpha value is -2.50. The molecule has 5 rings (SSSR count). The zero-order valence-electron chi connectivity index (χ0n) is 18.1. The first kappa shape index (κ1) is 19.5. The van der Waals surface area contributed by atoms with Gasteiger partial charge >= 0.3 is 0 Å². The first-order valence-electron chi connectivity index (χ1n) is 11.2. The van der Waals surface area contributed by atoms with Gasteiger partial charge in [-0.2, -0.15) is 5.10 Å². The van der Waals surface area contributed by atoms with E-state index in [0.717, 1.165) is 56.6 Å². The van der Waals surface area contributed by atoms with Crippen molar-refractivity contribution in [1.29, 1.82) is 0 Å². The average Bonchev–Trinajstić information content (AvgIpc) is 2.95. The number of rotatable bonds is 2. The van der Waals surface area contributed by atoms with Crippen LogP contribution in [0, 0.1) is 16.7 Å². The second-order valence-electron chi connectivity index (χ2n) is 10.0. The maximum Gasteiger partial charge on any atom is 0.271 e. The molecule has 0 radical (unpaired) electrons. The zero-order valence-corrected chi connectivity index (χ0v) is 18.1. The van der Waals surface area contributed by atoms with Crippen LogP contribution >= 0.6 is 0 Å². The fourth-order valence-corrected chi connectivity index (χ4v) is 5.84. The second-order valence-corrected chi connectivity index (χ2v) is 10.0. The summed E-state index contributed by atoms with van der Waals surface area (Å²) in [5, 5.41) is 5.14. The lowest BCUT2D eigenvalue weighted by atomic mass is 9.70. The normalized spacial score (nSPS) is 28.5. The van der Waals surface area contributed by atoms with E-state index in [1.165, 1.54) is 6.42 Å². The molecular formula is C24H30N4O2. The molecule has 2 saturated carbocycles. The Labute approximate surface area is 176 Å². The molecule has 2 aliphatic carbocycles. The van der Waals surface area contributed by atoms with Gasteiger partial charge in [0.15, 0.2) is 0 Å². The molecule has 1 aromatic heterocycles. The number of hydrogen-bond acceptors (Lipinski definition) is 4. The summed E-state index contributed by atoms with van der Waals surface area (Å²) in [6.07, 6.45) is 7.32. The minimum Gasteiger partial charge on any atom is -0.296 e. The van der Waals surface area contributed by atoms with Crippen LogP contribution in [0.4, 0.5) is 0 Å². The highest BCUT2D eigenvalue weighted by molar-refractivity contribution is 6.00. The number of nitrogens with one attached hydrogen (secondary N) is 1. The number of nitrogens with zero attached hydrogens (tertiary/aromatic N) is 3. The van der Waals surface area contributed by atoms with Crippen molar-refractivity contribution < 1.29 is 4.79 Å². The first-order chi connectivity index (χ1) is 14.3. The van der Waals surface area contributed by atoms with E-state index in [1.54, 1.807) is 22.8 Å². The maximum absolute atomic E-state index is 12.9. The molecule has 30 heavy (non-hydrogen) atoms. The number of hydrazone groups is 1. The van der Waals surface area contributed by atoms with Gasteiger partial charge in [-0.25, -0.2) is 10.4 Å². The number of amides is 1. The molecule has 1 aromatic carbocycles. The van der Waals surface area contributed by atoms with Crippen LogP contribution in [0.3, 0.4) is 0 Å². The van der Waals surface area contributed by atoms with E-state index in [-0.39, 0.29) is 22.3 Å². The van der Waals surface area contributed by atoms with E-state index in [2.05, 4.69) is 31.3 Å². The molecule has 2 aromatic rings. The Balaban J connectivity index is 1.43. The Bertz CT molecular complexity index is 1130. The molecule has 2 fully saturated rings. The number of hydrogen-bond donors (Lipinski definition) is 1. The van der Waals surface area contributed by atoms with Crippen molar-refractivity contribution in [3.05, 3.63) is 39.9 Å². The van der Waals surface area contributed by atoms with Crippen molar-refractivity contribution in [3.8, 4) is 0 Å². The molecule has 2 atom stereocenters. The van der Waals surface area contributed by atoms with Gasteiger partial charge in [-0.15, -0.1) is 0 Å². The molecule has 0 saturated heterocycles. The SMILES string of the molecule is CC1(C)[C@@H]2CC[C@]1(C)/C(=N/NC(=O)c1ccc3c(=O)n4c(nc3c1)CCCCC4)C2. The molecule has 1 N–H and O–H groups in total. The molecule has 3 aliphatic rings. The van der Waals surface area contributed by atoms with Gasteiger partial charge in [0.2, 0.25) is 0 Å². The summed E-state index contributed by atoms with van der Waals surface area (Å²) in [7, 11) is 0. The van der Waals surface area contributed by atoms with Gasteiger partial charge in [0.05, 0.1) is 10.9 Å². The highest BCUT2D eigenvalue weighted by Crippen LogP contribution is 2.63. The van der Waals surface area contributed by atoms with E-state index in [0.29, 0.717) is 22.4 Å². The molecule has 0 spiro atoms. The number of carbonyl (C=O) groups is 1. The van der Waals surface area contributed by atoms with Gasteiger partial charge in [0.1, 0.15) is 5.82 Å². The number of carbonyl (C=O) groups excluding carboxylic acids is 1. The van der Waals surface area contributed by atoms with Gasteiger partial charge in [-0.3, -0.25) is 14.2 Å². The third kappa shape index (κ3) is 2.76. The maximum atomic E-state index is 12.9. The largest absolute Gasteiger partial charge is 0.296 e. The predicted molar refractivity (Wildman–Crippen MR) is 118 cm³/mol. The van der Waals surface area contributed by atoms with E-state index in [9.17, 15) is 9.59 Å². The highest BCUT2D eigenvalue weighted by atomic mass is 16.2. The molecule has 1 amide bonds. The van der Waals surface area contributed by atoms with Crippen LogP contribution in [0.15, 0.2) is 28.1 Å². The summed E-state index contributed by atoms with van der Waals surface area (Å²) in [6.45, 7) is 7.66. The molecule has 6 heteroatoms. The Morgan fingerprint density at radius 2 is 2.07 bits per heavy atom. The predicted octanol–water partition coefficient (Wildman–Crippen LogP) is 4.05. The van der Waals surface area contributed by atoms with Gasteiger partial charge in [-0.05, 0) is 61.6 Å². The van der Waals surface area contributed by atoms with Crippen LogP contribution < -0.4 is 11.0 Å². The van der Waals surface area contributed by atoms with Crippen molar-refractivity contribution in [1.82, 2.24) is 15.0 Å². The summed E-state index contributed by atoms with van der Waals surface area (Å²) in [6, 6.07) is 5.16. The molecule has 0 unspecified atom stereocenters. The smallest absolute Gasteiger partial charge is 0.271 e. The highest BCUT2D eigenvalue weighted by Gasteiger charge is 2.60. The fourth-order valence-electron chi connectivity index (χ4n) is 5.84.